The van der Waals surface area contributed by atoms with Crippen molar-refractivity contribution in [3.05, 3.63) is 36.4 Å². The first-order valence-corrected chi connectivity index (χ1v) is 6.50. The van der Waals surface area contributed by atoms with Gasteiger partial charge >= 0.3 is 0 Å². The summed E-state index contributed by atoms with van der Waals surface area (Å²) >= 11 is 0. The molecule has 3 nitrogen and oxygen atoms in total. The highest BCUT2D eigenvalue weighted by Crippen LogP contribution is 2.21. The van der Waals surface area contributed by atoms with Gasteiger partial charge in [0.1, 0.15) is 5.82 Å². The first-order valence-electron chi connectivity index (χ1n) is 6.50. The molecule has 1 fully saturated rings. The predicted octanol–water partition coefficient (Wildman–Crippen LogP) is 2.42. The van der Waals surface area contributed by atoms with Gasteiger partial charge < -0.3 is 10.2 Å². The minimum absolute atomic E-state index is 0.158. The number of para-hydroxylation sites is 1. The van der Waals surface area contributed by atoms with E-state index in [9.17, 15) is 0 Å². The summed E-state index contributed by atoms with van der Waals surface area (Å²) in [5.74, 6) is 1.09. The van der Waals surface area contributed by atoms with E-state index in [-0.39, 0.29) is 5.54 Å². The van der Waals surface area contributed by atoms with Crippen molar-refractivity contribution in [1.29, 1.82) is 0 Å². The Morgan fingerprint density at radius 2 is 2.00 bits per heavy atom. The third-order valence-electron chi connectivity index (χ3n) is 3.48. The number of hydrogen-bond donors (Lipinski definition) is 1. The summed E-state index contributed by atoms with van der Waals surface area (Å²) in [5, 5.41) is 4.73. The zero-order valence-electron chi connectivity index (χ0n) is 11.0. The van der Waals surface area contributed by atoms with Crippen LogP contribution in [0.1, 0.15) is 13.8 Å². The zero-order chi connectivity index (χ0) is 12.6. The summed E-state index contributed by atoms with van der Waals surface area (Å²) in [6.07, 6.45) is 0. The molecule has 0 saturated carbocycles. The third kappa shape index (κ3) is 2.18. The number of nitrogens with zero attached hydrogens (tertiary/aromatic N) is 2. The Labute approximate surface area is 108 Å². The highest BCUT2D eigenvalue weighted by Gasteiger charge is 2.26. The van der Waals surface area contributed by atoms with Crippen LogP contribution in [-0.2, 0) is 0 Å². The number of nitrogens with one attached hydrogen (secondary N) is 1. The molecule has 2 aromatic rings. The summed E-state index contributed by atoms with van der Waals surface area (Å²) in [6.45, 7) is 7.51. The highest BCUT2D eigenvalue weighted by atomic mass is 15.3. The molecule has 1 aliphatic rings. The molecule has 1 saturated heterocycles. The summed E-state index contributed by atoms with van der Waals surface area (Å²) in [4.78, 5) is 7.13. The van der Waals surface area contributed by atoms with Crippen LogP contribution in [0.25, 0.3) is 10.9 Å². The Balaban J connectivity index is 1.94. The molecule has 1 aromatic heterocycles. The van der Waals surface area contributed by atoms with E-state index in [1.54, 1.807) is 0 Å². The van der Waals surface area contributed by atoms with E-state index in [0.29, 0.717) is 0 Å². The Kier molecular flexibility index (Phi) is 2.71. The van der Waals surface area contributed by atoms with Gasteiger partial charge in [-0.15, -0.1) is 0 Å². The summed E-state index contributed by atoms with van der Waals surface area (Å²) in [7, 11) is 0. The number of benzene rings is 1. The van der Waals surface area contributed by atoms with Gasteiger partial charge in [-0.2, -0.15) is 0 Å². The lowest BCUT2D eigenvalue weighted by molar-refractivity contribution is 0.352. The van der Waals surface area contributed by atoms with Gasteiger partial charge in [-0.25, -0.2) is 4.98 Å². The quantitative estimate of drug-likeness (QED) is 0.831. The van der Waals surface area contributed by atoms with Crippen molar-refractivity contribution in [2.24, 2.45) is 0 Å². The second-order valence-electron chi connectivity index (χ2n) is 5.59. The van der Waals surface area contributed by atoms with E-state index in [1.165, 1.54) is 5.39 Å². The van der Waals surface area contributed by atoms with Gasteiger partial charge in [0.05, 0.1) is 5.52 Å². The van der Waals surface area contributed by atoms with Gasteiger partial charge in [0.25, 0.3) is 0 Å². The van der Waals surface area contributed by atoms with Gasteiger partial charge in [0.2, 0.25) is 0 Å². The average Bonchev–Trinajstić information content (AvgIpc) is 2.37. The minimum atomic E-state index is 0.158. The highest BCUT2D eigenvalue weighted by molar-refractivity contribution is 5.80. The van der Waals surface area contributed by atoms with Crippen molar-refractivity contribution in [2.75, 3.05) is 24.5 Å². The lowest BCUT2D eigenvalue weighted by atomic mass is 10.0. The molecule has 1 N–H and O–H groups in total. The molecule has 0 unspecified atom stereocenters. The molecule has 0 radical (unpaired) electrons. The van der Waals surface area contributed by atoms with Crippen LogP contribution in [-0.4, -0.2) is 30.2 Å². The van der Waals surface area contributed by atoms with E-state index in [4.69, 9.17) is 4.98 Å². The number of anilines is 1. The minimum Gasteiger partial charge on any atom is -0.353 e. The van der Waals surface area contributed by atoms with Crippen molar-refractivity contribution in [3.63, 3.8) is 0 Å². The first-order chi connectivity index (χ1) is 8.64. The monoisotopic (exact) mass is 241 g/mol. The van der Waals surface area contributed by atoms with Crippen molar-refractivity contribution in [2.45, 2.75) is 19.4 Å². The van der Waals surface area contributed by atoms with Gasteiger partial charge in [-0.1, -0.05) is 18.2 Å². The fourth-order valence-corrected chi connectivity index (χ4v) is 2.57. The molecule has 94 valence electrons. The topological polar surface area (TPSA) is 28.2 Å². The number of aromatic nitrogens is 1. The van der Waals surface area contributed by atoms with E-state index >= 15 is 0 Å². The van der Waals surface area contributed by atoms with E-state index in [2.05, 4.69) is 54.4 Å². The lowest BCUT2D eigenvalue weighted by Gasteiger charge is -2.39. The standard InChI is InChI=1S/C15H19N3/c1-15(2)11-18(10-9-16-15)14-8-7-12-5-3-4-6-13(12)17-14/h3-8,16H,9-11H2,1-2H3. The van der Waals surface area contributed by atoms with Crippen LogP contribution in [0.4, 0.5) is 5.82 Å². The maximum Gasteiger partial charge on any atom is 0.129 e. The molecular weight excluding hydrogens is 222 g/mol. The molecule has 0 spiro atoms. The largest absolute Gasteiger partial charge is 0.353 e. The molecule has 0 aliphatic carbocycles. The van der Waals surface area contributed by atoms with Crippen LogP contribution in [0.5, 0.6) is 0 Å². The summed E-state index contributed by atoms with van der Waals surface area (Å²) in [5.41, 5.74) is 1.23. The maximum absolute atomic E-state index is 4.76. The number of piperazine rings is 1. The average molecular weight is 241 g/mol. The normalized spacial score (nSPS) is 19.1. The molecule has 2 heterocycles. The Morgan fingerprint density at radius 1 is 1.17 bits per heavy atom. The van der Waals surface area contributed by atoms with Crippen LogP contribution < -0.4 is 10.2 Å². The second kappa shape index (κ2) is 4.25. The smallest absolute Gasteiger partial charge is 0.129 e. The van der Waals surface area contributed by atoms with E-state index < -0.39 is 0 Å². The van der Waals surface area contributed by atoms with Gasteiger partial charge in [-0.05, 0) is 32.0 Å². The number of rotatable bonds is 1. The molecule has 3 rings (SSSR count). The van der Waals surface area contributed by atoms with Crippen LogP contribution in [0, 0.1) is 0 Å². The van der Waals surface area contributed by atoms with Crippen molar-refractivity contribution in [3.8, 4) is 0 Å². The molecule has 1 aromatic carbocycles. The number of fused-ring (bicyclic) bond motifs is 1. The van der Waals surface area contributed by atoms with Crippen molar-refractivity contribution in [1.82, 2.24) is 10.3 Å². The van der Waals surface area contributed by atoms with Crippen LogP contribution in [0.3, 0.4) is 0 Å². The SMILES string of the molecule is CC1(C)CN(c2ccc3ccccc3n2)CCN1. The fraction of sp³-hybridized carbons (Fsp3) is 0.400. The molecular formula is C15H19N3. The number of pyridine rings is 1. The van der Waals surface area contributed by atoms with Gasteiger partial charge in [0.15, 0.2) is 0 Å². The van der Waals surface area contributed by atoms with E-state index in [0.717, 1.165) is 31.0 Å². The lowest BCUT2D eigenvalue weighted by Crippen LogP contribution is -2.57. The Hall–Kier alpha value is -1.61. The molecule has 18 heavy (non-hydrogen) atoms. The van der Waals surface area contributed by atoms with Crippen LogP contribution in [0.2, 0.25) is 0 Å². The fourth-order valence-electron chi connectivity index (χ4n) is 2.57. The van der Waals surface area contributed by atoms with Crippen molar-refractivity contribution < 1.29 is 0 Å². The second-order valence-corrected chi connectivity index (χ2v) is 5.59. The molecule has 0 atom stereocenters. The van der Waals surface area contributed by atoms with Crippen molar-refractivity contribution >= 4 is 16.7 Å². The first kappa shape index (κ1) is 11.5. The van der Waals surface area contributed by atoms with Crippen LogP contribution >= 0.6 is 0 Å². The molecule has 3 heteroatoms. The Morgan fingerprint density at radius 3 is 2.83 bits per heavy atom. The van der Waals surface area contributed by atoms with Crippen LogP contribution in [0.15, 0.2) is 36.4 Å². The Bertz CT molecular complexity index is 562. The van der Waals surface area contributed by atoms with E-state index in [1.807, 2.05) is 6.07 Å². The zero-order valence-corrected chi connectivity index (χ0v) is 11.0. The molecule has 1 aliphatic heterocycles. The molecule has 0 amide bonds. The van der Waals surface area contributed by atoms with Gasteiger partial charge in [-0.3, -0.25) is 0 Å². The summed E-state index contributed by atoms with van der Waals surface area (Å²) < 4.78 is 0. The maximum atomic E-state index is 4.76. The molecule has 0 bridgehead atoms. The number of hydrogen-bond acceptors (Lipinski definition) is 3. The third-order valence-corrected chi connectivity index (χ3v) is 3.48. The summed E-state index contributed by atoms with van der Waals surface area (Å²) in [6, 6.07) is 12.6. The van der Waals surface area contributed by atoms with Gasteiger partial charge in [0, 0.05) is 30.6 Å². The predicted molar refractivity (Wildman–Crippen MR) is 76.0 cm³/mol.